The molecule has 0 saturated carbocycles. The van der Waals surface area contributed by atoms with E-state index in [1.807, 2.05) is 0 Å². The Morgan fingerprint density at radius 2 is 1.62 bits per heavy atom. The van der Waals surface area contributed by atoms with Crippen molar-refractivity contribution in [1.29, 1.82) is 0 Å². The molecule has 1 aromatic heterocycles. The highest BCUT2D eigenvalue weighted by molar-refractivity contribution is 7.18. The molecule has 0 spiro atoms. The smallest absolute Gasteiger partial charge is 0.348 e. The van der Waals surface area contributed by atoms with Crippen molar-refractivity contribution in [3.05, 3.63) is 16.0 Å². The highest BCUT2D eigenvalue weighted by atomic mass is 32.1. The number of hydrogen-bond donors (Lipinski definition) is 2. The Morgan fingerprint density at radius 3 is 2.17 bits per heavy atom. The molecule has 0 unspecified atom stereocenters. The Hall–Kier alpha value is -2.42. The summed E-state index contributed by atoms with van der Waals surface area (Å²) in [6.07, 6.45) is -0.584. The summed E-state index contributed by atoms with van der Waals surface area (Å²) in [5, 5.41) is 11.2. The monoisotopic (exact) mass is 357 g/mol. The topological polar surface area (TPSA) is 119 Å². The molecule has 24 heavy (non-hydrogen) atoms. The van der Waals surface area contributed by atoms with E-state index in [-0.39, 0.29) is 41.5 Å². The second kappa shape index (κ2) is 9.02. The standard InChI is InChI=1S/C15H19NO7S/c1-4-22-14(20)11-8(3)12(15(21)23-5-2)24-13(11)16-9(17)6-7-10(18)19/h4-7H2,1-3H3,(H,16,17)(H,18,19). The lowest BCUT2D eigenvalue weighted by Gasteiger charge is -2.06. The van der Waals surface area contributed by atoms with E-state index in [2.05, 4.69) is 5.32 Å². The molecule has 0 radical (unpaired) electrons. The van der Waals surface area contributed by atoms with Crippen LogP contribution in [0.2, 0.25) is 0 Å². The van der Waals surface area contributed by atoms with Crippen molar-refractivity contribution in [3.63, 3.8) is 0 Å². The first-order chi connectivity index (χ1) is 11.3. The fourth-order valence-electron chi connectivity index (χ4n) is 1.85. The number of amides is 1. The predicted molar refractivity (Wildman–Crippen MR) is 86.5 cm³/mol. The first kappa shape index (κ1) is 19.6. The van der Waals surface area contributed by atoms with Crippen LogP contribution in [0.4, 0.5) is 5.00 Å². The molecular weight excluding hydrogens is 338 g/mol. The molecule has 8 nitrogen and oxygen atoms in total. The van der Waals surface area contributed by atoms with Crippen LogP contribution in [0, 0.1) is 6.92 Å². The first-order valence-corrected chi connectivity index (χ1v) is 8.12. The van der Waals surface area contributed by atoms with Crippen molar-refractivity contribution in [2.45, 2.75) is 33.6 Å². The van der Waals surface area contributed by atoms with Crippen molar-refractivity contribution in [2.75, 3.05) is 18.5 Å². The number of nitrogens with one attached hydrogen (secondary N) is 1. The second-order valence-electron chi connectivity index (χ2n) is 4.64. The number of rotatable bonds is 8. The zero-order valence-corrected chi connectivity index (χ0v) is 14.4. The highest BCUT2D eigenvalue weighted by Gasteiger charge is 2.27. The molecular formula is C15H19NO7S. The number of ether oxygens (including phenoxy) is 2. The van der Waals surface area contributed by atoms with Crippen LogP contribution in [0.1, 0.15) is 52.3 Å². The number of anilines is 1. The summed E-state index contributed by atoms with van der Waals surface area (Å²) in [6, 6.07) is 0. The predicted octanol–water partition coefficient (Wildman–Crippen LogP) is 2.21. The summed E-state index contributed by atoms with van der Waals surface area (Å²) in [6.45, 7) is 5.15. The Morgan fingerprint density at radius 1 is 1.04 bits per heavy atom. The van der Waals surface area contributed by atoms with Crippen molar-refractivity contribution in [1.82, 2.24) is 0 Å². The van der Waals surface area contributed by atoms with Gasteiger partial charge in [0, 0.05) is 6.42 Å². The van der Waals surface area contributed by atoms with E-state index in [1.165, 1.54) is 0 Å². The third-order valence-electron chi connectivity index (χ3n) is 2.91. The summed E-state index contributed by atoms with van der Waals surface area (Å²) < 4.78 is 9.88. The molecule has 1 rings (SSSR count). The van der Waals surface area contributed by atoms with E-state index in [1.54, 1.807) is 20.8 Å². The highest BCUT2D eigenvalue weighted by Crippen LogP contribution is 2.34. The van der Waals surface area contributed by atoms with Gasteiger partial charge in [0.05, 0.1) is 25.2 Å². The minimum atomic E-state index is -1.11. The molecule has 0 aliphatic rings. The van der Waals surface area contributed by atoms with Crippen molar-refractivity contribution < 1.29 is 33.8 Å². The zero-order chi connectivity index (χ0) is 18.3. The average molecular weight is 357 g/mol. The lowest BCUT2D eigenvalue weighted by molar-refractivity contribution is -0.138. The minimum Gasteiger partial charge on any atom is -0.481 e. The number of carboxylic acid groups (broad SMARTS) is 1. The van der Waals surface area contributed by atoms with Crippen LogP contribution in [-0.4, -0.2) is 42.1 Å². The van der Waals surface area contributed by atoms with Gasteiger partial charge in [-0.2, -0.15) is 0 Å². The molecule has 0 aliphatic heterocycles. The molecule has 1 heterocycles. The lowest BCUT2D eigenvalue weighted by Crippen LogP contribution is -2.15. The first-order valence-electron chi connectivity index (χ1n) is 7.31. The Balaban J connectivity index is 3.13. The van der Waals surface area contributed by atoms with Gasteiger partial charge in [0.25, 0.3) is 0 Å². The molecule has 0 atom stereocenters. The van der Waals surface area contributed by atoms with E-state index in [4.69, 9.17) is 14.6 Å². The maximum Gasteiger partial charge on any atom is 0.348 e. The molecule has 0 aromatic carbocycles. The van der Waals surface area contributed by atoms with Gasteiger partial charge < -0.3 is 19.9 Å². The van der Waals surface area contributed by atoms with Crippen LogP contribution < -0.4 is 5.32 Å². The average Bonchev–Trinajstić information content (AvgIpc) is 2.82. The van der Waals surface area contributed by atoms with Gasteiger partial charge in [-0.1, -0.05) is 0 Å². The fourth-order valence-corrected chi connectivity index (χ4v) is 2.96. The van der Waals surface area contributed by atoms with E-state index >= 15 is 0 Å². The molecule has 132 valence electrons. The van der Waals surface area contributed by atoms with E-state index < -0.39 is 23.8 Å². The third-order valence-corrected chi connectivity index (χ3v) is 4.09. The molecule has 0 bridgehead atoms. The minimum absolute atomic E-state index is 0.0774. The van der Waals surface area contributed by atoms with Crippen LogP contribution >= 0.6 is 11.3 Å². The van der Waals surface area contributed by atoms with Gasteiger partial charge in [-0.05, 0) is 26.3 Å². The zero-order valence-electron chi connectivity index (χ0n) is 13.6. The summed E-state index contributed by atoms with van der Waals surface area (Å²) in [5.41, 5.74) is 0.430. The van der Waals surface area contributed by atoms with Gasteiger partial charge in [-0.25, -0.2) is 9.59 Å². The van der Waals surface area contributed by atoms with Gasteiger partial charge in [-0.15, -0.1) is 11.3 Å². The normalized spacial score (nSPS) is 10.1. The molecule has 0 saturated heterocycles. The van der Waals surface area contributed by atoms with Crippen LogP contribution in [-0.2, 0) is 19.1 Å². The Labute approximate surface area is 142 Å². The van der Waals surface area contributed by atoms with E-state index in [9.17, 15) is 19.2 Å². The van der Waals surface area contributed by atoms with Gasteiger partial charge in [-0.3, -0.25) is 9.59 Å². The third kappa shape index (κ3) is 5.05. The van der Waals surface area contributed by atoms with Crippen LogP contribution in [0.5, 0.6) is 0 Å². The largest absolute Gasteiger partial charge is 0.481 e. The maximum atomic E-state index is 12.1. The summed E-state index contributed by atoms with van der Waals surface area (Å²) in [5.74, 6) is -2.95. The number of thiophene rings is 1. The van der Waals surface area contributed by atoms with Crippen molar-refractivity contribution in [2.24, 2.45) is 0 Å². The lowest BCUT2D eigenvalue weighted by atomic mass is 10.1. The van der Waals surface area contributed by atoms with E-state index in [0.29, 0.717) is 5.56 Å². The fraction of sp³-hybridized carbons (Fsp3) is 0.467. The molecule has 0 fully saturated rings. The van der Waals surface area contributed by atoms with Gasteiger partial charge in [0.15, 0.2) is 0 Å². The second-order valence-corrected chi connectivity index (χ2v) is 5.66. The van der Waals surface area contributed by atoms with Crippen LogP contribution in [0.3, 0.4) is 0 Å². The van der Waals surface area contributed by atoms with Crippen molar-refractivity contribution in [3.8, 4) is 0 Å². The number of esters is 2. The summed E-state index contributed by atoms with van der Waals surface area (Å²) >= 11 is 0.896. The number of carbonyl (C=O) groups excluding carboxylic acids is 3. The summed E-state index contributed by atoms with van der Waals surface area (Å²) in [7, 11) is 0. The number of aliphatic carboxylic acids is 1. The number of carboxylic acids is 1. The van der Waals surface area contributed by atoms with Gasteiger partial charge in [0.2, 0.25) is 5.91 Å². The van der Waals surface area contributed by atoms with E-state index in [0.717, 1.165) is 11.3 Å². The quantitative estimate of drug-likeness (QED) is 0.685. The van der Waals surface area contributed by atoms with Gasteiger partial charge >= 0.3 is 17.9 Å². The number of hydrogen-bond acceptors (Lipinski definition) is 7. The molecule has 2 N–H and O–H groups in total. The van der Waals surface area contributed by atoms with Crippen molar-refractivity contribution >= 4 is 40.2 Å². The van der Waals surface area contributed by atoms with Crippen LogP contribution in [0.15, 0.2) is 0 Å². The Kier molecular flexibility index (Phi) is 7.37. The number of carbonyl (C=O) groups is 4. The van der Waals surface area contributed by atoms with Crippen LogP contribution in [0.25, 0.3) is 0 Å². The molecule has 9 heteroatoms. The maximum absolute atomic E-state index is 12.1. The summed E-state index contributed by atoms with van der Waals surface area (Å²) in [4.78, 5) is 46.6. The Bertz CT molecular complexity index is 650. The molecule has 1 aromatic rings. The van der Waals surface area contributed by atoms with Gasteiger partial charge in [0.1, 0.15) is 9.88 Å². The molecule has 0 aliphatic carbocycles. The molecule has 1 amide bonds. The SMILES string of the molecule is CCOC(=O)c1sc(NC(=O)CCC(=O)O)c(C(=O)OCC)c1C.